The summed E-state index contributed by atoms with van der Waals surface area (Å²) in [5.41, 5.74) is 0.884. The minimum absolute atomic E-state index is 0.0751. The van der Waals surface area contributed by atoms with Crippen LogP contribution in [0.5, 0.6) is 0 Å². The van der Waals surface area contributed by atoms with E-state index in [-0.39, 0.29) is 12.1 Å². The molecule has 0 spiro atoms. The Morgan fingerprint density at radius 1 is 1.40 bits per heavy atom. The first-order chi connectivity index (χ1) is 7.25. The van der Waals surface area contributed by atoms with Crippen LogP contribution in [0, 0.1) is 10.1 Å². The summed E-state index contributed by atoms with van der Waals surface area (Å²) in [6.45, 7) is 0. The molecule has 0 aromatic heterocycles. The van der Waals surface area contributed by atoms with Crippen molar-refractivity contribution in [2.24, 2.45) is 15.3 Å². The molecule has 76 valence electrons. The third-order valence-corrected chi connectivity index (χ3v) is 1.83. The van der Waals surface area contributed by atoms with Crippen molar-refractivity contribution in [2.75, 3.05) is 0 Å². The molecule has 2 rings (SSSR count). The summed E-state index contributed by atoms with van der Waals surface area (Å²) in [5.74, 6) is -0.0751. The molecule has 0 saturated carbocycles. The normalized spacial score (nSPS) is 21.6. The monoisotopic (exact) mass is 205 g/mol. The second-order valence-electron chi connectivity index (χ2n) is 2.83. The zero-order valence-electron chi connectivity index (χ0n) is 7.57. The maximum atomic E-state index is 10.1. The van der Waals surface area contributed by atoms with Crippen molar-refractivity contribution >= 4 is 5.96 Å². The molecule has 1 aromatic carbocycles. The average molecular weight is 205 g/mol. The summed E-state index contributed by atoms with van der Waals surface area (Å²) in [5, 5.41) is 22.4. The van der Waals surface area contributed by atoms with Crippen molar-refractivity contribution < 1.29 is 5.03 Å². The number of benzene rings is 1. The van der Waals surface area contributed by atoms with Gasteiger partial charge in [0, 0.05) is 0 Å². The number of hydrogen-bond donors (Lipinski definition) is 1. The van der Waals surface area contributed by atoms with Crippen LogP contribution in [0.1, 0.15) is 11.7 Å². The number of nitrogens with one attached hydrogen (secondary N) is 1. The molecule has 7 heteroatoms. The Kier molecular flexibility index (Phi) is 2.36. The molecule has 1 heterocycles. The summed E-state index contributed by atoms with van der Waals surface area (Å²) in [4.78, 5) is 10.1. The van der Waals surface area contributed by atoms with E-state index in [1.54, 1.807) is 0 Å². The van der Waals surface area contributed by atoms with Crippen LogP contribution < -0.4 is 5.32 Å². The first kappa shape index (κ1) is 9.25. The van der Waals surface area contributed by atoms with Crippen LogP contribution in [0.2, 0.25) is 0 Å². The molecule has 0 aliphatic carbocycles. The first-order valence-electron chi connectivity index (χ1n) is 4.21. The molecular formula is C8H7N5O2. The van der Waals surface area contributed by atoms with Crippen molar-refractivity contribution in [3.63, 3.8) is 0 Å². The van der Waals surface area contributed by atoms with Gasteiger partial charge in [0.2, 0.25) is 0 Å². The van der Waals surface area contributed by atoms with Crippen LogP contribution in [-0.4, -0.2) is 11.0 Å². The van der Waals surface area contributed by atoms with Crippen LogP contribution in [-0.2, 0) is 0 Å². The van der Waals surface area contributed by atoms with E-state index >= 15 is 0 Å². The van der Waals surface area contributed by atoms with Crippen molar-refractivity contribution in [2.45, 2.75) is 6.17 Å². The van der Waals surface area contributed by atoms with Gasteiger partial charge >= 0.3 is 5.96 Å². The zero-order valence-corrected chi connectivity index (χ0v) is 7.57. The Morgan fingerprint density at radius 2 is 2.13 bits per heavy atom. The van der Waals surface area contributed by atoms with Gasteiger partial charge in [0.25, 0.3) is 0 Å². The van der Waals surface area contributed by atoms with E-state index in [0.29, 0.717) is 0 Å². The van der Waals surface area contributed by atoms with Gasteiger partial charge in [-0.2, -0.15) is 5.11 Å². The predicted molar refractivity (Wildman–Crippen MR) is 51.6 cm³/mol. The Morgan fingerprint density at radius 3 is 2.80 bits per heavy atom. The second kappa shape index (κ2) is 3.82. The molecule has 7 nitrogen and oxygen atoms in total. The van der Waals surface area contributed by atoms with Crippen molar-refractivity contribution in [3.05, 3.63) is 46.0 Å². The van der Waals surface area contributed by atoms with Gasteiger partial charge in [-0.15, -0.1) is 5.11 Å². The van der Waals surface area contributed by atoms with Gasteiger partial charge in [-0.05, 0) is 5.56 Å². The van der Waals surface area contributed by atoms with Gasteiger partial charge in [-0.3, -0.25) is 0 Å². The minimum Gasteiger partial charge on any atom is -0.321 e. The van der Waals surface area contributed by atoms with Crippen molar-refractivity contribution in [1.82, 2.24) is 5.32 Å². The number of guanidine groups is 1. The Labute approximate surface area is 84.7 Å². The third kappa shape index (κ3) is 2.13. The lowest BCUT2D eigenvalue weighted by atomic mass is 10.2. The van der Waals surface area contributed by atoms with Crippen molar-refractivity contribution in [3.8, 4) is 0 Å². The first-order valence-corrected chi connectivity index (χ1v) is 4.21. The summed E-state index contributed by atoms with van der Waals surface area (Å²) >= 11 is 0. The van der Waals surface area contributed by atoms with E-state index in [1.807, 2.05) is 30.3 Å². The van der Waals surface area contributed by atoms with Crippen LogP contribution in [0.15, 0.2) is 45.7 Å². The lowest BCUT2D eigenvalue weighted by Gasteiger charge is -2.05. The highest BCUT2D eigenvalue weighted by Crippen LogP contribution is 2.18. The second-order valence-corrected chi connectivity index (χ2v) is 2.83. The Balaban J connectivity index is 2.13. The van der Waals surface area contributed by atoms with Crippen LogP contribution in [0.4, 0.5) is 0 Å². The van der Waals surface area contributed by atoms with Gasteiger partial charge in [0.1, 0.15) is 5.10 Å². The van der Waals surface area contributed by atoms with Crippen molar-refractivity contribution in [1.29, 1.82) is 0 Å². The Bertz CT molecular complexity index is 428. The highest BCUT2D eigenvalue weighted by Gasteiger charge is 2.20. The fourth-order valence-electron chi connectivity index (χ4n) is 1.20. The maximum Gasteiger partial charge on any atom is 0.315 e. The summed E-state index contributed by atoms with van der Waals surface area (Å²) in [6.07, 6.45) is -0.384. The number of azo groups is 1. The van der Waals surface area contributed by atoms with Crippen LogP contribution >= 0.6 is 0 Å². The van der Waals surface area contributed by atoms with Gasteiger partial charge in [-0.25, -0.2) is 10.1 Å². The number of hydrogen-bond acceptors (Lipinski definition) is 3. The molecule has 0 bridgehead atoms. The molecule has 1 N–H and O–H groups in total. The molecule has 0 radical (unpaired) electrons. The van der Waals surface area contributed by atoms with Gasteiger partial charge < -0.3 is 5.32 Å². The largest absolute Gasteiger partial charge is 0.321 e. The standard InChI is InChI=1S/C8H7N5O2/c14-13(15)12-8-9-7(10-11-8)6-4-2-1-3-5-6/h1-5,7H,(H,9,12)/t7-/m0/s1. The lowest BCUT2D eigenvalue weighted by Crippen LogP contribution is -2.20. The molecule has 1 aliphatic heterocycles. The number of nitro groups is 1. The molecule has 0 saturated heterocycles. The summed E-state index contributed by atoms with van der Waals surface area (Å²) in [6, 6.07) is 9.30. The highest BCUT2D eigenvalue weighted by atomic mass is 16.7. The van der Waals surface area contributed by atoms with Crippen LogP contribution in [0.3, 0.4) is 0 Å². The topological polar surface area (TPSA) is 92.2 Å². The predicted octanol–water partition coefficient (Wildman–Crippen LogP) is 1.29. The quantitative estimate of drug-likeness (QED) is 0.582. The van der Waals surface area contributed by atoms with E-state index in [9.17, 15) is 10.1 Å². The van der Waals surface area contributed by atoms with E-state index in [1.165, 1.54) is 0 Å². The fraction of sp³-hybridized carbons (Fsp3) is 0.125. The molecule has 15 heavy (non-hydrogen) atoms. The number of rotatable bonds is 2. The molecule has 1 aliphatic rings. The Hall–Kier alpha value is -2.31. The highest BCUT2D eigenvalue weighted by molar-refractivity contribution is 5.81. The van der Waals surface area contributed by atoms with Gasteiger partial charge in [0.05, 0.1) is 0 Å². The smallest absolute Gasteiger partial charge is 0.315 e. The zero-order chi connectivity index (χ0) is 10.7. The van der Waals surface area contributed by atoms with Crippen LogP contribution in [0.25, 0.3) is 0 Å². The summed E-state index contributed by atoms with van der Waals surface area (Å²) in [7, 11) is 0. The fourth-order valence-corrected chi connectivity index (χ4v) is 1.20. The van der Waals surface area contributed by atoms with E-state index in [2.05, 4.69) is 20.6 Å². The number of hydrazone groups is 1. The molecular weight excluding hydrogens is 198 g/mol. The van der Waals surface area contributed by atoms with Gasteiger partial charge in [-0.1, -0.05) is 30.3 Å². The third-order valence-electron chi connectivity index (χ3n) is 1.83. The van der Waals surface area contributed by atoms with E-state index in [0.717, 1.165) is 5.56 Å². The van der Waals surface area contributed by atoms with E-state index < -0.39 is 5.03 Å². The lowest BCUT2D eigenvalue weighted by molar-refractivity contribution is -0.485. The van der Waals surface area contributed by atoms with Gasteiger partial charge in [0.15, 0.2) is 11.2 Å². The molecule has 0 amide bonds. The maximum absolute atomic E-state index is 10.1. The average Bonchev–Trinajstić information content (AvgIpc) is 2.67. The molecule has 0 unspecified atom stereocenters. The SMILES string of the molecule is O=[N+]([O-])/N=C1\N=N[C@@H](c2ccccc2)N1. The minimum atomic E-state index is -0.811. The molecule has 1 atom stereocenters. The molecule has 0 fully saturated rings. The van der Waals surface area contributed by atoms with E-state index in [4.69, 9.17) is 0 Å². The summed E-state index contributed by atoms with van der Waals surface area (Å²) < 4.78 is 0. The molecule has 1 aromatic rings. The number of nitrogens with zero attached hydrogens (tertiary/aromatic N) is 4.